The maximum atomic E-state index is 12.6. The number of piperidine rings is 1. The van der Waals surface area contributed by atoms with E-state index in [2.05, 4.69) is 31.4 Å². The van der Waals surface area contributed by atoms with Gasteiger partial charge in [0.15, 0.2) is 11.5 Å². The lowest BCUT2D eigenvalue weighted by Gasteiger charge is -2.28. The third kappa shape index (κ3) is 5.90. The van der Waals surface area contributed by atoms with Gasteiger partial charge in [-0.25, -0.2) is 0 Å². The molecule has 26 heavy (non-hydrogen) atoms. The van der Waals surface area contributed by atoms with Gasteiger partial charge in [-0.05, 0) is 63.3 Å². The van der Waals surface area contributed by atoms with E-state index < -0.39 is 0 Å². The Morgan fingerprint density at radius 2 is 2.08 bits per heavy atom. The van der Waals surface area contributed by atoms with Crippen molar-refractivity contribution >= 4 is 5.91 Å². The van der Waals surface area contributed by atoms with Gasteiger partial charge in [0.25, 0.3) is 0 Å². The molecule has 2 N–H and O–H groups in total. The van der Waals surface area contributed by atoms with Crippen molar-refractivity contribution in [2.75, 3.05) is 20.3 Å². The van der Waals surface area contributed by atoms with E-state index in [0.717, 1.165) is 37.1 Å². The fourth-order valence-corrected chi connectivity index (χ4v) is 3.26. The van der Waals surface area contributed by atoms with Gasteiger partial charge in [-0.15, -0.1) is 0 Å². The summed E-state index contributed by atoms with van der Waals surface area (Å²) in [5, 5.41) is 6.54. The standard InChI is InChI=1S/C21H34N2O3/c1-14(2)9-11-26-19-7-6-17(13-20(19)25-5)16(4)23-21(24)18-8-10-22-15(3)12-18/h6-7,13-16,18,22H,8-12H2,1-5H3,(H,23,24)/t15-,16?,18-/m0/s1. The van der Waals surface area contributed by atoms with Crippen molar-refractivity contribution in [2.24, 2.45) is 11.8 Å². The van der Waals surface area contributed by atoms with Crippen LogP contribution >= 0.6 is 0 Å². The van der Waals surface area contributed by atoms with E-state index in [-0.39, 0.29) is 17.9 Å². The van der Waals surface area contributed by atoms with E-state index in [9.17, 15) is 4.79 Å². The number of hydrogen-bond acceptors (Lipinski definition) is 4. The quantitative estimate of drug-likeness (QED) is 0.740. The molecular weight excluding hydrogens is 328 g/mol. The number of carbonyl (C=O) groups excluding carboxylic acids is 1. The number of ether oxygens (including phenoxy) is 2. The predicted molar refractivity (Wildman–Crippen MR) is 105 cm³/mol. The first kappa shape index (κ1) is 20.6. The van der Waals surface area contributed by atoms with Crippen molar-refractivity contribution in [3.05, 3.63) is 23.8 Å². The lowest BCUT2D eigenvalue weighted by Crippen LogP contribution is -2.42. The van der Waals surface area contributed by atoms with Crippen LogP contribution in [0, 0.1) is 11.8 Å². The highest BCUT2D eigenvalue weighted by Gasteiger charge is 2.25. The van der Waals surface area contributed by atoms with Gasteiger partial charge in [-0.1, -0.05) is 19.9 Å². The molecule has 1 saturated heterocycles. The number of nitrogens with one attached hydrogen (secondary N) is 2. The number of benzene rings is 1. The third-order valence-corrected chi connectivity index (χ3v) is 4.99. The van der Waals surface area contributed by atoms with Crippen LogP contribution in [0.15, 0.2) is 18.2 Å². The van der Waals surface area contributed by atoms with Crippen molar-refractivity contribution < 1.29 is 14.3 Å². The maximum Gasteiger partial charge on any atom is 0.223 e. The van der Waals surface area contributed by atoms with Crippen LogP contribution in [0.2, 0.25) is 0 Å². The van der Waals surface area contributed by atoms with E-state index in [1.165, 1.54) is 0 Å². The molecule has 1 heterocycles. The minimum absolute atomic E-state index is 0.0636. The van der Waals surface area contributed by atoms with E-state index in [1.807, 2.05) is 25.1 Å². The Kier molecular flexibility index (Phi) is 7.76. The maximum absolute atomic E-state index is 12.6. The Labute approximate surface area is 157 Å². The molecule has 1 aliphatic heterocycles. The average molecular weight is 363 g/mol. The van der Waals surface area contributed by atoms with Crippen molar-refractivity contribution in [3.8, 4) is 11.5 Å². The Balaban J connectivity index is 1.97. The zero-order valence-corrected chi connectivity index (χ0v) is 16.8. The highest BCUT2D eigenvalue weighted by molar-refractivity contribution is 5.79. The molecular formula is C21H34N2O3. The van der Waals surface area contributed by atoms with Crippen LogP contribution in [0.5, 0.6) is 11.5 Å². The zero-order valence-electron chi connectivity index (χ0n) is 16.8. The second-order valence-electron chi connectivity index (χ2n) is 7.75. The van der Waals surface area contributed by atoms with Gasteiger partial charge in [-0.3, -0.25) is 4.79 Å². The average Bonchev–Trinajstić information content (AvgIpc) is 2.61. The van der Waals surface area contributed by atoms with Gasteiger partial charge in [0.1, 0.15) is 0 Å². The summed E-state index contributed by atoms with van der Waals surface area (Å²) in [6, 6.07) is 6.23. The number of rotatable bonds is 8. The van der Waals surface area contributed by atoms with Crippen molar-refractivity contribution in [2.45, 2.75) is 59.0 Å². The summed E-state index contributed by atoms with van der Waals surface area (Å²) in [6.45, 7) is 10.1. The molecule has 0 spiro atoms. The topological polar surface area (TPSA) is 59.6 Å². The van der Waals surface area contributed by atoms with Crippen LogP contribution in [-0.4, -0.2) is 32.2 Å². The van der Waals surface area contributed by atoms with Crippen LogP contribution in [0.1, 0.15) is 58.6 Å². The summed E-state index contributed by atoms with van der Waals surface area (Å²) in [7, 11) is 1.65. The first-order valence-corrected chi connectivity index (χ1v) is 9.75. The van der Waals surface area contributed by atoms with Crippen LogP contribution in [0.3, 0.4) is 0 Å². The number of amides is 1. The van der Waals surface area contributed by atoms with E-state index >= 15 is 0 Å². The molecule has 5 nitrogen and oxygen atoms in total. The molecule has 5 heteroatoms. The fourth-order valence-electron chi connectivity index (χ4n) is 3.26. The van der Waals surface area contributed by atoms with E-state index in [4.69, 9.17) is 9.47 Å². The van der Waals surface area contributed by atoms with Crippen molar-refractivity contribution in [1.82, 2.24) is 10.6 Å². The summed E-state index contributed by atoms with van der Waals surface area (Å²) >= 11 is 0. The Morgan fingerprint density at radius 1 is 1.31 bits per heavy atom. The molecule has 0 aliphatic carbocycles. The summed E-state index contributed by atoms with van der Waals surface area (Å²) in [6.07, 6.45) is 2.80. The second-order valence-corrected chi connectivity index (χ2v) is 7.75. The molecule has 0 radical (unpaired) electrons. The molecule has 2 rings (SSSR count). The minimum Gasteiger partial charge on any atom is -0.493 e. The van der Waals surface area contributed by atoms with Crippen LogP contribution < -0.4 is 20.1 Å². The first-order chi connectivity index (χ1) is 12.4. The predicted octanol–water partition coefficient (Wildman–Crippen LogP) is 3.69. The SMILES string of the molecule is COc1cc(C(C)NC(=O)[C@H]2CCN[C@@H](C)C2)ccc1OCCC(C)C. The van der Waals surface area contributed by atoms with Gasteiger partial charge < -0.3 is 20.1 Å². The largest absolute Gasteiger partial charge is 0.493 e. The van der Waals surface area contributed by atoms with Gasteiger partial charge in [0, 0.05) is 12.0 Å². The van der Waals surface area contributed by atoms with Crippen LogP contribution in [0.25, 0.3) is 0 Å². The summed E-state index contributed by atoms with van der Waals surface area (Å²) in [4.78, 5) is 12.6. The molecule has 1 unspecified atom stereocenters. The number of methoxy groups -OCH3 is 1. The molecule has 1 amide bonds. The van der Waals surface area contributed by atoms with Gasteiger partial charge in [0.05, 0.1) is 19.8 Å². The molecule has 0 aromatic heterocycles. The molecule has 1 aliphatic rings. The van der Waals surface area contributed by atoms with Crippen molar-refractivity contribution in [1.29, 1.82) is 0 Å². The van der Waals surface area contributed by atoms with E-state index in [0.29, 0.717) is 24.3 Å². The summed E-state index contributed by atoms with van der Waals surface area (Å²) < 4.78 is 11.3. The summed E-state index contributed by atoms with van der Waals surface area (Å²) in [5.41, 5.74) is 1.02. The zero-order chi connectivity index (χ0) is 19.1. The molecule has 1 fully saturated rings. The highest BCUT2D eigenvalue weighted by atomic mass is 16.5. The van der Waals surface area contributed by atoms with Crippen molar-refractivity contribution in [3.63, 3.8) is 0 Å². The van der Waals surface area contributed by atoms with Gasteiger partial charge >= 0.3 is 0 Å². The van der Waals surface area contributed by atoms with Crippen LogP contribution in [-0.2, 0) is 4.79 Å². The monoisotopic (exact) mass is 362 g/mol. The first-order valence-electron chi connectivity index (χ1n) is 9.75. The molecule has 1 aromatic carbocycles. The highest BCUT2D eigenvalue weighted by Crippen LogP contribution is 2.31. The lowest BCUT2D eigenvalue weighted by molar-refractivity contribution is -0.126. The number of hydrogen-bond donors (Lipinski definition) is 2. The number of carbonyl (C=O) groups is 1. The smallest absolute Gasteiger partial charge is 0.223 e. The van der Waals surface area contributed by atoms with Gasteiger partial charge in [0.2, 0.25) is 5.91 Å². The minimum atomic E-state index is -0.0636. The molecule has 146 valence electrons. The Morgan fingerprint density at radius 3 is 2.73 bits per heavy atom. The van der Waals surface area contributed by atoms with Gasteiger partial charge in [-0.2, -0.15) is 0 Å². The second kappa shape index (κ2) is 9.81. The molecule has 0 saturated carbocycles. The molecule has 1 aromatic rings. The Hall–Kier alpha value is -1.75. The van der Waals surface area contributed by atoms with Crippen LogP contribution in [0.4, 0.5) is 0 Å². The third-order valence-electron chi connectivity index (χ3n) is 4.99. The molecule has 0 bridgehead atoms. The molecule has 3 atom stereocenters. The fraction of sp³-hybridized carbons (Fsp3) is 0.667. The lowest BCUT2D eigenvalue weighted by atomic mass is 9.92. The summed E-state index contributed by atoms with van der Waals surface area (Å²) in [5.74, 6) is 2.30. The van der Waals surface area contributed by atoms with E-state index in [1.54, 1.807) is 7.11 Å². The normalized spacial score (nSPS) is 21.3. The Bertz CT molecular complexity index is 589.